The van der Waals surface area contributed by atoms with Crippen molar-refractivity contribution in [3.63, 3.8) is 0 Å². The van der Waals surface area contributed by atoms with Gasteiger partial charge >= 0.3 is 0 Å². The molecule has 2 nitrogen and oxygen atoms in total. The average molecular weight is 401 g/mol. The Labute approximate surface area is 176 Å². The van der Waals surface area contributed by atoms with Crippen molar-refractivity contribution in [1.29, 1.82) is 0 Å². The van der Waals surface area contributed by atoms with Crippen LogP contribution in [0.5, 0.6) is 0 Å². The van der Waals surface area contributed by atoms with E-state index in [0.29, 0.717) is 0 Å². The normalized spacial score (nSPS) is 12.0. The maximum Gasteiger partial charge on any atom is 0.0888 e. The number of fused-ring (bicyclic) bond motifs is 10. The fraction of sp³-hybridized carbons (Fsp3) is 0. The molecule has 0 atom stereocenters. The van der Waals surface area contributed by atoms with Gasteiger partial charge in [-0.15, -0.1) is 11.3 Å². The molecule has 4 aromatic carbocycles. The Bertz CT molecular complexity index is 1740. The molecule has 0 aliphatic rings. The summed E-state index contributed by atoms with van der Waals surface area (Å²) in [6.45, 7) is 0. The Kier molecular flexibility index (Phi) is 3.18. The molecule has 7 rings (SSSR count). The highest BCUT2D eigenvalue weighted by Crippen LogP contribution is 2.46. The first-order valence-corrected chi connectivity index (χ1v) is 10.9. The fourth-order valence-electron chi connectivity index (χ4n) is 4.83. The Balaban J connectivity index is 1.91. The molecule has 0 radical (unpaired) electrons. The molecule has 0 fully saturated rings. The lowest BCUT2D eigenvalue weighted by Gasteiger charge is -2.10. The topological polar surface area (TPSA) is 17.8 Å². The van der Waals surface area contributed by atoms with Crippen molar-refractivity contribution in [3.05, 3.63) is 97.2 Å². The molecule has 0 amide bonds. The third-order valence-corrected chi connectivity index (χ3v) is 7.19. The number of para-hydroxylation sites is 2. The molecule has 0 spiro atoms. The highest BCUT2D eigenvalue weighted by molar-refractivity contribution is 7.26. The SMILES string of the molecule is c1ccc(-n2c3ccccc3c3c4cccnc4c4sc5ccccc5c4c32)cc1. The first kappa shape index (κ1) is 16.1. The van der Waals surface area contributed by atoms with E-state index in [1.54, 1.807) is 0 Å². The molecule has 7 aromatic rings. The summed E-state index contributed by atoms with van der Waals surface area (Å²) in [5.74, 6) is 0. The van der Waals surface area contributed by atoms with E-state index in [9.17, 15) is 0 Å². The number of thiophene rings is 1. The van der Waals surface area contributed by atoms with Gasteiger partial charge in [0.15, 0.2) is 0 Å². The van der Waals surface area contributed by atoms with Crippen molar-refractivity contribution in [3.8, 4) is 5.69 Å². The molecule has 3 heterocycles. The van der Waals surface area contributed by atoms with Crippen molar-refractivity contribution in [1.82, 2.24) is 9.55 Å². The molecule has 0 bridgehead atoms. The van der Waals surface area contributed by atoms with E-state index in [0.717, 1.165) is 5.52 Å². The van der Waals surface area contributed by atoms with Gasteiger partial charge in [-0.25, -0.2) is 0 Å². The monoisotopic (exact) mass is 400 g/mol. The minimum atomic E-state index is 1.09. The van der Waals surface area contributed by atoms with Crippen LogP contribution >= 0.6 is 11.3 Å². The van der Waals surface area contributed by atoms with Crippen molar-refractivity contribution in [2.75, 3.05) is 0 Å². The third-order valence-electron chi connectivity index (χ3n) is 6.01. The van der Waals surface area contributed by atoms with Crippen LogP contribution in [-0.2, 0) is 0 Å². The second-order valence-electron chi connectivity index (χ2n) is 7.61. The molecule has 140 valence electrons. The number of aromatic nitrogens is 2. The standard InChI is InChI=1S/C27H16N2S/c1-2-9-17(10-3-1)29-21-14-6-4-11-18(21)23-20-13-8-16-28-25(20)27-24(26(23)29)19-12-5-7-15-22(19)30-27/h1-16H. The van der Waals surface area contributed by atoms with Crippen LogP contribution in [-0.4, -0.2) is 9.55 Å². The van der Waals surface area contributed by atoms with Gasteiger partial charge in [0, 0.05) is 43.5 Å². The van der Waals surface area contributed by atoms with Crippen molar-refractivity contribution < 1.29 is 0 Å². The maximum atomic E-state index is 4.84. The van der Waals surface area contributed by atoms with Gasteiger partial charge in [-0.05, 0) is 30.3 Å². The Morgan fingerprint density at radius 3 is 2.27 bits per heavy atom. The van der Waals surface area contributed by atoms with Gasteiger partial charge in [-0.2, -0.15) is 0 Å². The van der Waals surface area contributed by atoms with Crippen LogP contribution in [0.15, 0.2) is 97.2 Å². The zero-order valence-corrected chi connectivity index (χ0v) is 16.9. The van der Waals surface area contributed by atoms with E-state index < -0.39 is 0 Å². The van der Waals surface area contributed by atoms with E-state index in [1.807, 2.05) is 17.5 Å². The van der Waals surface area contributed by atoms with E-state index in [4.69, 9.17) is 4.98 Å². The van der Waals surface area contributed by atoms with Crippen LogP contribution in [0.4, 0.5) is 0 Å². The van der Waals surface area contributed by atoms with Crippen LogP contribution in [0.25, 0.3) is 58.6 Å². The quantitative estimate of drug-likeness (QED) is 0.276. The molecule has 0 saturated heterocycles. The Morgan fingerprint density at radius 1 is 0.633 bits per heavy atom. The summed E-state index contributed by atoms with van der Waals surface area (Å²) in [6, 6.07) is 32.4. The summed E-state index contributed by atoms with van der Waals surface area (Å²) < 4.78 is 5.00. The highest BCUT2D eigenvalue weighted by atomic mass is 32.1. The van der Waals surface area contributed by atoms with Gasteiger partial charge in [0.1, 0.15) is 0 Å². The second kappa shape index (κ2) is 5.91. The van der Waals surface area contributed by atoms with Gasteiger partial charge in [0.2, 0.25) is 0 Å². The number of pyridine rings is 1. The van der Waals surface area contributed by atoms with Gasteiger partial charge in [-0.1, -0.05) is 60.7 Å². The largest absolute Gasteiger partial charge is 0.309 e. The summed E-state index contributed by atoms with van der Waals surface area (Å²) in [4.78, 5) is 4.84. The van der Waals surface area contributed by atoms with E-state index >= 15 is 0 Å². The molecular formula is C27H16N2S. The third kappa shape index (κ3) is 2.00. The van der Waals surface area contributed by atoms with Gasteiger partial charge < -0.3 is 4.57 Å². The van der Waals surface area contributed by atoms with E-state index in [2.05, 4.69) is 95.6 Å². The van der Waals surface area contributed by atoms with Crippen LogP contribution < -0.4 is 0 Å². The number of rotatable bonds is 1. The molecule has 0 unspecified atom stereocenters. The molecule has 0 aliphatic carbocycles. The molecule has 30 heavy (non-hydrogen) atoms. The second-order valence-corrected chi connectivity index (χ2v) is 8.67. The van der Waals surface area contributed by atoms with Crippen LogP contribution in [0, 0.1) is 0 Å². The summed E-state index contributed by atoms with van der Waals surface area (Å²) >= 11 is 1.84. The predicted octanol–water partition coefficient (Wildman–Crippen LogP) is 7.70. The minimum Gasteiger partial charge on any atom is -0.309 e. The van der Waals surface area contributed by atoms with Crippen LogP contribution in [0.3, 0.4) is 0 Å². The number of hydrogen-bond donors (Lipinski definition) is 0. The minimum absolute atomic E-state index is 1.09. The first-order chi connectivity index (χ1) is 14.9. The number of benzene rings is 4. The molecule has 3 heteroatoms. The van der Waals surface area contributed by atoms with Crippen molar-refractivity contribution in [2.24, 2.45) is 0 Å². The summed E-state index contributed by atoms with van der Waals surface area (Å²) in [5, 5.41) is 6.38. The summed E-state index contributed by atoms with van der Waals surface area (Å²) in [7, 11) is 0. The lowest BCUT2D eigenvalue weighted by atomic mass is 10.0. The fourth-order valence-corrected chi connectivity index (χ4v) is 6.04. The molecular weight excluding hydrogens is 384 g/mol. The van der Waals surface area contributed by atoms with Crippen LogP contribution in [0.1, 0.15) is 0 Å². The molecule has 0 saturated carbocycles. The zero-order chi connectivity index (χ0) is 19.7. The lowest BCUT2D eigenvalue weighted by molar-refractivity contribution is 1.19. The van der Waals surface area contributed by atoms with E-state index in [-0.39, 0.29) is 0 Å². The smallest absolute Gasteiger partial charge is 0.0888 e. The summed E-state index contributed by atoms with van der Waals surface area (Å²) in [5.41, 5.74) is 4.78. The zero-order valence-electron chi connectivity index (χ0n) is 16.0. The van der Waals surface area contributed by atoms with Gasteiger partial charge in [0.05, 0.1) is 21.3 Å². The van der Waals surface area contributed by atoms with Gasteiger partial charge in [-0.3, -0.25) is 4.98 Å². The number of nitrogens with zero attached hydrogens (tertiary/aromatic N) is 2. The maximum absolute atomic E-state index is 4.84. The Hall–Kier alpha value is -3.69. The molecule has 3 aromatic heterocycles. The van der Waals surface area contributed by atoms with Crippen molar-refractivity contribution in [2.45, 2.75) is 0 Å². The highest BCUT2D eigenvalue weighted by Gasteiger charge is 2.21. The number of hydrogen-bond acceptors (Lipinski definition) is 2. The molecule has 0 N–H and O–H groups in total. The lowest BCUT2D eigenvalue weighted by Crippen LogP contribution is -1.94. The first-order valence-electron chi connectivity index (χ1n) is 10.1. The van der Waals surface area contributed by atoms with Crippen molar-refractivity contribution >= 4 is 64.2 Å². The van der Waals surface area contributed by atoms with Gasteiger partial charge in [0.25, 0.3) is 0 Å². The summed E-state index contributed by atoms with van der Waals surface area (Å²) in [6.07, 6.45) is 1.91. The Morgan fingerprint density at radius 2 is 1.37 bits per heavy atom. The van der Waals surface area contributed by atoms with Crippen LogP contribution in [0.2, 0.25) is 0 Å². The van der Waals surface area contributed by atoms with E-state index in [1.165, 1.54) is 53.1 Å². The predicted molar refractivity (Wildman–Crippen MR) is 129 cm³/mol. The average Bonchev–Trinajstić information content (AvgIpc) is 3.36. The molecule has 0 aliphatic heterocycles.